The Bertz CT molecular complexity index is 1390. The van der Waals surface area contributed by atoms with Crippen LogP contribution in [0.3, 0.4) is 0 Å². The molecule has 7 nitrogen and oxygen atoms in total. The number of benzene rings is 2. The van der Waals surface area contributed by atoms with Gasteiger partial charge in [0.2, 0.25) is 5.82 Å². The number of alkyl halides is 3. The predicted octanol–water partition coefficient (Wildman–Crippen LogP) is 5.47. The van der Waals surface area contributed by atoms with Crippen molar-refractivity contribution in [1.29, 1.82) is 4.78 Å². The molecule has 180 valence electrons. The second kappa shape index (κ2) is 8.97. The molecule has 0 spiro atoms. The first-order valence-electron chi connectivity index (χ1n) is 9.42. The fourth-order valence-corrected chi connectivity index (χ4v) is 3.62. The van der Waals surface area contributed by atoms with Gasteiger partial charge in [-0.05, 0) is 49.2 Å². The summed E-state index contributed by atoms with van der Waals surface area (Å²) in [6, 6.07) is 7.55. The summed E-state index contributed by atoms with van der Waals surface area (Å²) in [5.74, 6) is -5.30. The molecule has 0 bridgehead atoms. The quantitative estimate of drug-likeness (QED) is 0.452. The van der Waals surface area contributed by atoms with Crippen molar-refractivity contribution in [2.45, 2.75) is 24.9 Å². The van der Waals surface area contributed by atoms with E-state index in [0.29, 0.717) is 0 Å². The Balaban J connectivity index is 2.10. The van der Waals surface area contributed by atoms with Gasteiger partial charge in [0.25, 0.3) is 11.8 Å². The zero-order valence-electron chi connectivity index (χ0n) is 17.9. The van der Waals surface area contributed by atoms with E-state index >= 15 is 0 Å². The molecule has 2 aromatic carbocycles. The number of nitrogens with one attached hydrogen (secondary N) is 2. The number of halogens is 5. The second-order valence-electron chi connectivity index (χ2n) is 7.29. The van der Waals surface area contributed by atoms with E-state index in [-0.39, 0.29) is 16.1 Å². The molecule has 2 N–H and O–H groups in total. The molecule has 1 unspecified atom stereocenters. The van der Waals surface area contributed by atoms with Gasteiger partial charge in [-0.25, -0.2) is 13.4 Å². The van der Waals surface area contributed by atoms with Crippen molar-refractivity contribution in [3.63, 3.8) is 0 Å². The molecular formula is C21H17F5N4O3S. The lowest BCUT2D eigenvalue weighted by atomic mass is 10.1. The molecule has 0 saturated carbocycles. The summed E-state index contributed by atoms with van der Waals surface area (Å²) in [6.07, 6.45) is -3.81. The molecule has 1 heterocycles. The third-order valence-corrected chi connectivity index (χ3v) is 5.82. The van der Waals surface area contributed by atoms with Crippen LogP contribution in [0, 0.1) is 30.3 Å². The fourth-order valence-electron chi connectivity index (χ4n) is 2.93. The first-order chi connectivity index (χ1) is 15.7. The van der Waals surface area contributed by atoms with Gasteiger partial charge in [-0.3, -0.25) is 4.79 Å². The van der Waals surface area contributed by atoms with Crippen LogP contribution in [0.5, 0.6) is 11.6 Å². The molecule has 3 rings (SSSR count). The maximum Gasteiger partial charge on any atom is 0.435 e. The predicted molar refractivity (Wildman–Crippen MR) is 112 cm³/mol. The van der Waals surface area contributed by atoms with Crippen LogP contribution in [0.15, 0.2) is 41.3 Å². The van der Waals surface area contributed by atoms with E-state index in [4.69, 9.17) is 9.52 Å². The van der Waals surface area contributed by atoms with Gasteiger partial charge < -0.3 is 10.1 Å². The highest BCUT2D eigenvalue weighted by atomic mass is 32.2. The number of aromatic nitrogens is 2. The van der Waals surface area contributed by atoms with Crippen molar-refractivity contribution >= 4 is 21.3 Å². The normalized spacial score (nSPS) is 13.3. The molecule has 0 aliphatic rings. The number of ether oxygens (including phenoxy) is 1. The van der Waals surface area contributed by atoms with Crippen LogP contribution in [0.25, 0.3) is 0 Å². The molecular weight excluding hydrogens is 483 g/mol. The second-order valence-corrected chi connectivity index (χ2v) is 9.45. The van der Waals surface area contributed by atoms with Crippen molar-refractivity contribution in [1.82, 2.24) is 10.2 Å². The molecule has 0 aliphatic heterocycles. The van der Waals surface area contributed by atoms with E-state index in [1.165, 1.54) is 37.3 Å². The molecule has 0 radical (unpaired) electrons. The van der Waals surface area contributed by atoms with Gasteiger partial charge in [0.15, 0.2) is 17.3 Å². The Morgan fingerprint density at radius 2 is 1.76 bits per heavy atom. The van der Waals surface area contributed by atoms with Gasteiger partial charge in [0.1, 0.15) is 5.56 Å². The number of amides is 1. The van der Waals surface area contributed by atoms with Gasteiger partial charge >= 0.3 is 6.18 Å². The minimum absolute atomic E-state index is 0.0209. The SMILES string of the molecule is Cc1ccc(Oc2nnc(C(F)(F)F)c(C)c2C(=O)Nc2cccc(S(C)(=N)=O)c2)c(F)c1F. The number of hydrogen-bond acceptors (Lipinski definition) is 6. The van der Waals surface area contributed by atoms with Crippen LogP contribution >= 0.6 is 0 Å². The Hall–Kier alpha value is -3.61. The lowest BCUT2D eigenvalue weighted by Gasteiger charge is -2.16. The summed E-state index contributed by atoms with van der Waals surface area (Å²) in [5.41, 5.74) is -2.89. The topological polar surface area (TPSA) is 105 Å². The molecule has 3 aromatic rings. The molecule has 0 fully saturated rings. The molecule has 1 atom stereocenters. The van der Waals surface area contributed by atoms with Crippen LogP contribution in [0.4, 0.5) is 27.6 Å². The zero-order chi connectivity index (χ0) is 25.4. The zero-order valence-corrected chi connectivity index (χ0v) is 18.7. The number of anilines is 1. The first kappa shape index (κ1) is 25.0. The summed E-state index contributed by atoms with van der Waals surface area (Å²) in [7, 11) is -3.15. The highest BCUT2D eigenvalue weighted by molar-refractivity contribution is 7.91. The molecule has 13 heteroatoms. The molecule has 1 aromatic heterocycles. The van der Waals surface area contributed by atoms with Crippen molar-refractivity contribution in [3.05, 3.63) is 70.4 Å². The van der Waals surface area contributed by atoms with Crippen molar-refractivity contribution in [3.8, 4) is 11.6 Å². The van der Waals surface area contributed by atoms with E-state index < -0.39 is 61.9 Å². The Morgan fingerprint density at radius 3 is 2.38 bits per heavy atom. The van der Waals surface area contributed by atoms with Gasteiger partial charge in [-0.2, -0.15) is 17.6 Å². The summed E-state index contributed by atoms with van der Waals surface area (Å²) in [6.45, 7) is 2.24. The summed E-state index contributed by atoms with van der Waals surface area (Å²) < 4.78 is 93.1. The van der Waals surface area contributed by atoms with E-state index in [0.717, 1.165) is 19.2 Å². The highest BCUT2D eigenvalue weighted by Gasteiger charge is 2.38. The number of carbonyl (C=O) groups excluding carboxylic acids is 1. The first-order valence-corrected chi connectivity index (χ1v) is 11.4. The van der Waals surface area contributed by atoms with Crippen LogP contribution in [-0.2, 0) is 15.9 Å². The average molecular weight is 500 g/mol. The van der Waals surface area contributed by atoms with Gasteiger partial charge in [-0.15, -0.1) is 10.2 Å². The third kappa shape index (κ3) is 5.14. The summed E-state index contributed by atoms with van der Waals surface area (Å²) >= 11 is 0. The minimum atomic E-state index is -4.97. The van der Waals surface area contributed by atoms with Gasteiger partial charge in [-0.1, -0.05) is 12.1 Å². The van der Waals surface area contributed by atoms with Crippen LogP contribution in [-0.4, -0.2) is 26.6 Å². The van der Waals surface area contributed by atoms with Gasteiger partial charge in [0.05, 0.1) is 9.73 Å². The van der Waals surface area contributed by atoms with E-state index in [1.54, 1.807) is 0 Å². The number of carbonyl (C=O) groups is 1. The molecule has 0 saturated heterocycles. The lowest BCUT2D eigenvalue weighted by Crippen LogP contribution is -2.21. The van der Waals surface area contributed by atoms with E-state index in [2.05, 4.69) is 15.5 Å². The number of aryl methyl sites for hydroxylation is 1. The van der Waals surface area contributed by atoms with Gasteiger partial charge in [0, 0.05) is 16.8 Å². The minimum Gasteiger partial charge on any atom is -0.434 e. The standard InChI is InChI=1S/C21H17F5N4O3S/c1-10-7-8-14(17(23)16(10)22)33-20-15(11(2)18(29-30-20)21(24,25)26)19(31)28-12-5-4-6-13(9-12)34(3,27)32/h4-9,27H,1-3H3,(H,28,31). The van der Waals surface area contributed by atoms with Crippen LogP contribution in [0.2, 0.25) is 0 Å². The molecule has 0 aliphatic carbocycles. The summed E-state index contributed by atoms with van der Waals surface area (Å²) in [4.78, 5) is 13.0. The molecule has 1 amide bonds. The number of nitrogens with zero attached hydrogens (tertiary/aromatic N) is 2. The number of hydrogen-bond donors (Lipinski definition) is 2. The maximum atomic E-state index is 14.3. The number of rotatable bonds is 5. The Labute approximate surface area is 190 Å². The van der Waals surface area contributed by atoms with Crippen molar-refractivity contribution in [2.75, 3.05) is 11.6 Å². The third-order valence-electron chi connectivity index (χ3n) is 4.67. The smallest absolute Gasteiger partial charge is 0.434 e. The lowest BCUT2D eigenvalue weighted by molar-refractivity contribution is -0.142. The monoisotopic (exact) mass is 500 g/mol. The van der Waals surface area contributed by atoms with E-state index in [1.807, 2.05) is 0 Å². The maximum absolute atomic E-state index is 14.3. The molecule has 34 heavy (non-hydrogen) atoms. The fraction of sp³-hybridized carbons (Fsp3) is 0.190. The van der Waals surface area contributed by atoms with Crippen molar-refractivity contribution in [2.24, 2.45) is 0 Å². The largest absolute Gasteiger partial charge is 0.435 e. The Morgan fingerprint density at radius 1 is 1.09 bits per heavy atom. The van der Waals surface area contributed by atoms with E-state index in [9.17, 15) is 31.0 Å². The van der Waals surface area contributed by atoms with Crippen molar-refractivity contribution < 1.29 is 35.7 Å². The van der Waals surface area contributed by atoms with Crippen LogP contribution < -0.4 is 10.1 Å². The highest BCUT2D eigenvalue weighted by Crippen LogP contribution is 2.36. The summed E-state index contributed by atoms with van der Waals surface area (Å²) in [5, 5.41) is 8.67. The Kier molecular flexibility index (Phi) is 6.60. The van der Waals surface area contributed by atoms with Crippen LogP contribution in [0.1, 0.15) is 27.2 Å². The average Bonchev–Trinajstić information content (AvgIpc) is 2.73.